The van der Waals surface area contributed by atoms with E-state index in [2.05, 4.69) is 24.4 Å². The van der Waals surface area contributed by atoms with Crippen molar-refractivity contribution in [1.29, 1.82) is 0 Å². The fourth-order valence-corrected chi connectivity index (χ4v) is 3.27. The summed E-state index contributed by atoms with van der Waals surface area (Å²) >= 11 is 0. The third-order valence-corrected chi connectivity index (χ3v) is 4.88. The van der Waals surface area contributed by atoms with Crippen molar-refractivity contribution in [3.05, 3.63) is 12.2 Å². The average molecular weight is 337 g/mol. The summed E-state index contributed by atoms with van der Waals surface area (Å²) in [5.74, 6) is 0. The smallest absolute Gasteiger partial charge is 0.317 e. The summed E-state index contributed by atoms with van der Waals surface area (Å²) in [5.41, 5.74) is 0. The Morgan fingerprint density at radius 3 is 1.92 bits per heavy atom. The number of hydrogen-bond acceptors (Lipinski definition) is 1. The fourth-order valence-electron chi connectivity index (χ4n) is 3.27. The molecule has 0 aromatic carbocycles. The lowest BCUT2D eigenvalue weighted by Gasteiger charge is -2.13. The Balaban J connectivity index is 1.74. The van der Waals surface area contributed by atoms with E-state index in [0.29, 0.717) is 0 Å². The number of nitrogens with one attached hydrogen (secondary N) is 1. The maximum absolute atomic E-state index is 11.4. The van der Waals surface area contributed by atoms with Crippen LogP contribution in [-0.4, -0.2) is 30.6 Å². The first kappa shape index (κ1) is 21.1. The Hall–Kier alpha value is -0.990. The van der Waals surface area contributed by atoms with Gasteiger partial charge in [0.25, 0.3) is 0 Å². The average Bonchev–Trinajstić information content (AvgIpc) is 2.99. The minimum absolute atomic E-state index is 0.128. The van der Waals surface area contributed by atoms with Gasteiger partial charge in [-0.1, -0.05) is 76.9 Å². The lowest BCUT2D eigenvalue weighted by Crippen LogP contribution is -2.28. The summed E-state index contributed by atoms with van der Waals surface area (Å²) < 4.78 is 0. The molecule has 1 aliphatic heterocycles. The topological polar surface area (TPSA) is 32.3 Å². The second kappa shape index (κ2) is 15.5. The van der Waals surface area contributed by atoms with Crippen molar-refractivity contribution in [2.24, 2.45) is 0 Å². The third-order valence-electron chi connectivity index (χ3n) is 4.88. The van der Waals surface area contributed by atoms with Crippen LogP contribution in [0.25, 0.3) is 0 Å². The van der Waals surface area contributed by atoms with Crippen molar-refractivity contribution in [1.82, 2.24) is 10.2 Å². The van der Waals surface area contributed by atoms with E-state index in [1.54, 1.807) is 0 Å². The first-order chi connectivity index (χ1) is 11.8. The van der Waals surface area contributed by atoms with Crippen LogP contribution in [0.5, 0.6) is 0 Å². The molecule has 0 radical (unpaired) electrons. The van der Waals surface area contributed by atoms with Gasteiger partial charge in [0.05, 0.1) is 0 Å². The summed E-state index contributed by atoms with van der Waals surface area (Å²) in [6.07, 6.45) is 23.4. The van der Waals surface area contributed by atoms with Crippen LogP contribution in [0.3, 0.4) is 0 Å². The lowest BCUT2D eigenvalue weighted by atomic mass is 10.1. The van der Waals surface area contributed by atoms with Crippen LogP contribution in [-0.2, 0) is 0 Å². The van der Waals surface area contributed by atoms with Crippen LogP contribution in [0.4, 0.5) is 4.79 Å². The molecule has 3 heteroatoms. The molecule has 1 fully saturated rings. The molecule has 0 unspecified atom stereocenters. The molecule has 24 heavy (non-hydrogen) atoms. The summed E-state index contributed by atoms with van der Waals surface area (Å²) in [6, 6.07) is 0.128. The Bertz CT molecular complexity index is 328. The number of carbonyl (C=O) groups excluding carboxylic acids is 1. The van der Waals surface area contributed by atoms with Gasteiger partial charge >= 0.3 is 6.03 Å². The van der Waals surface area contributed by atoms with Crippen LogP contribution >= 0.6 is 0 Å². The molecule has 0 aliphatic carbocycles. The van der Waals surface area contributed by atoms with Crippen LogP contribution in [0.1, 0.15) is 96.8 Å². The minimum Gasteiger partial charge on any atom is -0.336 e. The zero-order valence-electron chi connectivity index (χ0n) is 16.0. The number of urea groups is 1. The van der Waals surface area contributed by atoms with E-state index in [1.165, 1.54) is 83.5 Å². The van der Waals surface area contributed by atoms with Gasteiger partial charge in [0, 0.05) is 19.6 Å². The monoisotopic (exact) mass is 336 g/mol. The number of allylic oxidation sites excluding steroid dienone is 2. The predicted molar refractivity (Wildman–Crippen MR) is 104 cm³/mol. The molecule has 0 aromatic rings. The summed E-state index contributed by atoms with van der Waals surface area (Å²) in [7, 11) is 0. The van der Waals surface area contributed by atoms with Crippen molar-refractivity contribution < 1.29 is 4.79 Å². The molecule has 140 valence electrons. The van der Waals surface area contributed by atoms with E-state index < -0.39 is 0 Å². The SMILES string of the molecule is CCCCCCCC/C=C\CCCCCCCCN1CCNC1=O. The second-order valence-electron chi connectivity index (χ2n) is 7.16. The van der Waals surface area contributed by atoms with Crippen molar-refractivity contribution in [2.45, 2.75) is 96.8 Å². The number of unbranched alkanes of at least 4 members (excludes halogenated alkanes) is 12. The Labute approximate surface area is 150 Å². The lowest BCUT2D eigenvalue weighted by molar-refractivity contribution is 0.216. The zero-order valence-corrected chi connectivity index (χ0v) is 16.0. The summed E-state index contributed by atoms with van der Waals surface area (Å²) in [4.78, 5) is 13.3. The maximum Gasteiger partial charge on any atom is 0.317 e. The molecule has 3 nitrogen and oxygen atoms in total. The van der Waals surface area contributed by atoms with Crippen molar-refractivity contribution in [3.8, 4) is 0 Å². The van der Waals surface area contributed by atoms with Gasteiger partial charge in [-0.25, -0.2) is 4.79 Å². The quantitative estimate of drug-likeness (QED) is 0.270. The van der Waals surface area contributed by atoms with Gasteiger partial charge in [0.15, 0.2) is 0 Å². The molecule has 0 bridgehead atoms. The largest absolute Gasteiger partial charge is 0.336 e. The molecule has 1 rings (SSSR count). The van der Waals surface area contributed by atoms with Crippen LogP contribution in [0.2, 0.25) is 0 Å². The molecular formula is C21H40N2O. The molecule has 1 aliphatic rings. The normalized spacial score (nSPS) is 14.7. The molecule has 0 aromatic heterocycles. The van der Waals surface area contributed by atoms with Crippen molar-refractivity contribution in [2.75, 3.05) is 19.6 Å². The Morgan fingerprint density at radius 1 is 0.833 bits per heavy atom. The van der Waals surface area contributed by atoms with Gasteiger partial charge in [-0.15, -0.1) is 0 Å². The van der Waals surface area contributed by atoms with E-state index in [0.717, 1.165) is 26.1 Å². The van der Waals surface area contributed by atoms with E-state index in [1.807, 2.05) is 4.90 Å². The molecule has 1 saturated heterocycles. The molecule has 0 saturated carbocycles. The number of hydrogen-bond donors (Lipinski definition) is 1. The summed E-state index contributed by atoms with van der Waals surface area (Å²) in [6.45, 7) is 4.93. The number of amides is 2. The van der Waals surface area contributed by atoms with Gasteiger partial charge in [0.2, 0.25) is 0 Å². The van der Waals surface area contributed by atoms with Gasteiger partial charge in [0.1, 0.15) is 0 Å². The Kier molecular flexibility index (Phi) is 13.6. The molecule has 1 N–H and O–H groups in total. The van der Waals surface area contributed by atoms with Crippen molar-refractivity contribution >= 4 is 6.03 Å². The standard InChI is InChI=1S/C21H40N2O/c1-2-3-4-5-6-7-8-9-10-11-12-13-14-15-16-17-19-23-20-18-22-21(23)24/h9-10H,2-8,11-20H2,1H3,(H,22,24)/b10-9-. The van der Waals surface area contributed by atoms with Crippen molar-refractivity contribution in [3.63, 3.8) is 0 Å². The predicted octanol–water partition coefficient (Wildman–Crippen LogP) is 6.05. The molecular weight excluding hydrogens is 296 g/mol. The molecule has 0 spiro atoms. The van der Waals surface area contributed by atoms with Crippen LogP contribution < -0.4 is 5.32 Å². The fraction of sp³-hybridized carbons (Fsp3) is 0.857. The molecule has 1 heterocycles. The van der Waals surface area contributed by atoms with E-state index in [-0.39, 0.29) is 6.03 Å². The highest BCUT2D eigenvalue weighted by atomic mass is 16.2. The van der Waals surface area contributed by atoms with Crippen LogP contribution in [0, 0.1) is 0 Å². The highest BCUT2D eigenvalue weighted by molar-refractivity contribution is 5.76. The highest BCUT2D eigenvalue weighted by Crippen LogP contribution is 2.10. The first-order valence-electron chi connectivity index (χ1n) is 10.5. The van der Waals surface area contributed by atoms with Gasteiger partial charge in [-0.3, -0.25) is 0 Å². The maximum atomic E-state index is 11.4. The highest BCUT2D eigenvalue weighted by Gasteiger charge is 2.17. The summed E-state index contributed by atoms with van der Waals surface area (Å²) in [5, 5.41) is 2.85. The van der Waals surface area contributed by atoms with Gasteiger partial charge in [-0.05, 0) is 32.1 Å². The molecule has 0 atom stereocenters. The van der Waals surface area contributed by atoms with Gasteiger partial charge < -0.3 is 10.2 Å². The van der Waals surface area contributed by atoms with E-state index in [9.17, 15) is 4.79 Å². The third kappa shape index (κ3) is 11.5. The first-order valence-corrected chi connectivity index (χ1v) is 10.5. The number of rotatable bonds is 16. The van der Waals surface area contributed by atoms with E-state index in [4.69, 9.17) is 0 Å². The zero-order chi connectivity index (χ0) is 17.3. The Morgan fingerprint density at radius 2 is 1.38 bits per heavy atom. The van der Waals surface area contributed by atoms with Gasteiger partial charge in [-0.2, -0.15) is 0 Å². The molecule has 2 amide bonds. The minimum atomic E-state index is 0.128. The number of nitrogens with zero attached hydrogens (tertiary/aromatic N) is 1. The van der Waals surface area contributed by atoms with E-state index >= 15 is 0 Å². The van der Waals surface area contributed by atoms with Crippen LogP contribution in [0.15, 0.2) is 12.2 Å². The second-order valence-corrected chi connectivity index (χ2v) is 7.16. The number of carbonyl (C=O) groups is 1.